The lowest BCUT2D eigenvalue weighted by atomic mass is 9.47. The Kier molecular flexibility index (Phi) is 3.15. The molecule has 4 rings (SSSR count). The highest BCUT2D eigenvalue weighted by molar-refractivity contribution is 5.93. The molecule has 0 aromatic carbocycles. The number of aliphatic hydroxyl groups is 1. The maximum Gasteiger partial charge on any atom is 0.138 e. The van der Waals surface area contributed by atoms with Crippen LogP contribution in [0, 0.1) is 34.0 Å². The minimum absolute atomic E-state index is 0.188. The van der Waals surface area contributed by atoms with E-state index in [2.05, 4.69) is 19.9 Å². The fourth-order valence-corrected chi connectivity index (χ4v) is 6.50. The Bertz CT molecular complexity index is 544. The summed E-state index contributed by atoms with van der Waals surface area (Å²) in [7, 11) is 0. The van der Waals surface area contributed by atoms with Crippen molar-refractivity contribution in [1.82, 2.24) is 0 Å². The molecule has 122 valence electrons. The molecule has 3 heteroatoms. The van der Waals surface area contributed by atoms with Crippen molar-refractivity contribution in [3.05, 3.63) is 11.6 Å². The maximum atomic E-state index is 14.2. The van der Waals surface area contributed by atoms with Gasteiger partial charge in [0.05, 0.1) is 6.10 Å². The number of rotatable bonds is 0. The lowest BCUT2D eigenvalue weighted by Crippen LogP contribution is -2.50. The normalized spacial score (nSPS) is 54.3. The molecule has 4 aliphatic carbocycles. The maximum absolute atomic E-state index is 14.2. The zero-order chi connectivity index (χ0) is 15.7. The zero-order valence-corrected chi connectivity index (χ0v) is 13.7. The number of fused-ring (bicyclic) bond motifs is 5. The Labute approximate surface area is 132 Å². The van der Waals surface area contributed by atoms with Crippen LogP contribution in [0.25, 0.3) is 0 Å². The largest absolute Gasteiger partial charge is 0.389 e. The average molecular weight is 305 g/mol. The SMILES string of the molecule is C[C@]12CCC(O)C=C1CC[C@@H]1[C@H]2CC[C@]2(C)C(=N)C(F)C[C@@H]12. The number of alkyl halides is 1. The highest BCUT2D eigenvalue weighted by atomic mass is 19.1. The summed E-state index contributed by atoms with van der Waals surface area (Å²) >= 11 is 0. The Balaban J connectivity index is 1.69. The number of halogens is 1. The van der Waals surface area contributed by atoms with Gasteiger partial charge in [0, 0.05) is 11.1 Å². The van der Waals surface area contributed by atoms with Crippen molar-refractivity contribution >= 4 is 5.71 Å². The van der Waals surface area contributed by atoms with Gasteiger partial charge in [0.1, 0.15) is 6.17 Å². The van der Waals surface area contributed by atoms with E-state index < -0.39 is 6.17 Å². The molecule has 2 nitrogen and oxygen atoms in total. The van der Waals surface area contributed by atoms with Crippen LogP contribution < -0.4 is 0 Å². The average Bonchev–Trinajstić information content (AvgIpc) is 2.72. The van der Waals surface area contributed by atoms with Gasteiger partial charge in [-0.05, 0) is 68.1 Å². The molecule has 0 spiro atoms. The lowest BCUT2D eigenvalue weighted by molar-refractivity contribution is -0.0265. The van der Waals surface area contributed by atoms with Gasteiger partial charge in [-0.25, -0.2) is 4.39 Å². The van der Waals surface area contributed by atoms with E-state index in [4.69, 9.17) is 5.41 Å². The molecule has 7 atom stereocenters. The Morgan fingerprint density at radius 1 is 1.14 bits per heavy atom. The molecule has 0 saturated heterocycles. The van der Waals surface area contributed by atoms with E-state index in [0.717, 1.165) is 38.5 Å². The highest BCUT2D eigenvalue weighted by Gasteiger charge is 2.60. The molecular weight excluding hydrogens is 277 g/mol. The van der Waals surface area contributed by atoms with Crippen LogP contribution in [0.1, 0.15) is 58.8 Å². The second-order valence-corrected chi connectivity index (χ2v) is 8.70. The molecule has 0 radical (unpaired) electrons. The summed E-state index contributed by atoms with van der Waals surface area (Å²) in [6.45, 7) is 4.53. The molecule has 4 aliphatic rings. The summed E-state index contributed by atoms with van der Waals surface area (Å²) in [5, 5.41) is 18.2. The third kappa shape index (κ3) is 1.78. The van der Waals surface area contributed by atoms with Gasteiger partial charge in [0.15, 0.2) is 0 Å². The monoisotopic (exact) mass is 305 g/mol. The molecule has 0 aromatic heterocycles. The predicted molar refractivity (Wildman–Crippen MR) is 85.7 cm³/mol. The first-order valence-corrected chi connectivity index (χ1v) is 8.98. The van der Waals surface area contributed by atoms with Crippen molar-refractivity contribution in [3.63, 3.8) is 0 Å². The van der Waals surface area contributed by atoms with Crippen LogP contribution in [0.3, 0.4) is 0 Å². The zero-order valence-electron chi connectivity index (χ0n) is 13.7. The Hall–Kier alpha value is -0.700. The summed E-state index contributed by atoms with van der Waals surface area (Å²) in [6, 6.07) is 0. The molecule has 0 aliphatic heterocycles. The van der Waals surface area contributed by atoms with Gasteiger partial charge in [-0.2, -0.15) is 0 Å². The molecule has 0 amide bonds. The van der Waals surface area contributed by atoms with Crippen LogP contribution in [0.15, 0.2) is 11.6 Å². The van der Waals surface area contributed by atoms with E-state index in [0.29, 0.717) is 29.9 Å². The smallest absolute Gasteiger partial charge is 0.138 e. The summed E-state index contributed by atoms with van der Waals surface area (Å²) in [5.41, 5.74) is 1.86. The van der Waals surface area contributed by atoms with Gasteiger partial charge >= 0.3 is 0 Å². The van der Waals surface area contributed by atoms with E-state index in [1.807, 2.05) is 0 Å². The molecule has 2 unspecified atom stereocenters. The standard InChI is InChI=1S/C19H28FNO/c1-18-7-5-12(22)9-11(18)3-4-13-14(18)6-8-19(2)15(13)10-16(20)17(19)21/h9,12-16,21-22H,3-8,10H2,1-2H3/t12?,13-,14-,15+,16?,18+,19+/m1/s1. The third-order valence-corrected chi connectivity index (χ3v) is 7.87. The summed E-state index contributed by atoms with van der Waals surface area (Å²) in [4.78, 5) is 0. The summed E-state index contributed by atoms with van der Waals surface area (Å²) in [5.74, 6) is 1.55. The highest BCUT2D eigenvalue weighted by Crippen LogP contribution is 2.64. The van der Waals surface area contributed by atoms with Crippen molar-refractivity contribution < 1.29 is 9.50 Å². The first-order chi connectivity index (χ1) is 10.4. The second-order valence-electron chi connectivity index (χ2n) is 8.70. The summed E-state index contributed by atoms with van der Waals surface area (Å²) < 4.78 is 14.2. The van der Waals surface area contributed by atoms with Crippen molar-refractivity contribution in [3.8, 4) is 0 Å². The topological polar surface area (TPSA) is 44.1 Å². The van der Waals surface area contributed by atoms with Crippen LogP contribution in [0.2, 0.25) is 0 Å². The van der Waals surface area contributed by atoms with Crippen molar-refractivity contribution in [2.75, 3.05) is 0 Å². The molecular formula is C19H28FNO. The molecule has 0 aromatic rings. The Morgan fingerprint density at radius 2 is 1.86 bits per heavy atom. The van der Waals surface area contributed by atoms with E-state index in [1.165, 1.54) is 5.57 Å². The van der Waals surface area contributed by atoms with Crippen molar-refractivity contribution in [2.45, 2.75) is 71.1 Å². The van der Waals surface area contributed by atoms with Crippen LogP contribution in [0.4, 0.5) is 4.39 Å². The fraction of sp³-hybridized carbons (Fsp3) is 0.842. The van der Waals surface area contributed by atoms with Gasteiger partial charge in [0.2, 0.25) is 0 Å². The first-order valence-electron chi connectivity index (χ1n) is 8.98. The molecule has 3 fully saturated rings. The van der Waals surface area contributed by atoms with Gasteiger partial charge in [-0.3, -0.25) is 0 Å². The molecule has 3 saturated carbocycles. The number of aliphatic hydroxyl groups excluding tert-OH is 1. The molecule has 0 heterocycles. The fourth-order valence-electron chi connectivity index (χ4n) is 6.50. The lowest BCUT2D eigenvalue weighted by Gasteiger charge is -2.57. The minimum Gasteiger partial charge on any atom is -0.389 e. The van der Waals surface area contributed by atoms with Crippen LogP contribution in [-0.2, 0) is 0 Å². The van der Waals surface area contributed by atoms with Crippen LogP contribution in [0.5, 0.6) is 0 Å². The van der Waals surface area contributed by atoms with Crippen LogP contribution >= 0.6 is 0 Å². The van der Waals surface area contributed by atoms with E-state index in [-0.39, 0.29) is 16.9 Å². The van der Waals surface area contributed by atoms with Crippen LogP contribution in [-0.4, -0.2) is 23.1 Å². The predicted octanol–water partition coefficient (Wildman–Crippen LogP) is 4.28. The van der Waals surface area contributed by atoms with E-state index in [9.17, 15) is 9.50 Å². The molecule has 22 heavy (non-hydrogen) atoms. The third-order valence-electron chi connectivity index (χ3n) is 7.87. The van der Waals surface area contributed by atoms with Crippen molar-refractivity contribution in [2.24, 2.45) is 28.6 Å². The first kappa shape index (κ1) is 14.9. The quantitative estimate of drug-likeness (QED) is 0.645. The Morgan fingerprint density at radius 3 is 2.64 bits per heavy atom. The second kappa shape index (κ2) is 4.66. The molecule has 2 N–H and O–H groups in total. The van der Waals surface area contributed by atoms with Gasteiger partial charge in [-0.15, -0.1) is 0 Å². The van der Waals surface area contributed by atoms with E-state index >= 15 is 0 Å². The number of hydrogen-bond donors (Lipinski definition) is 2. The van der Waals surface area contributed by atoms with Crippen molar-refractivity contribution in [1.29, 1.82) is 5.41 Å². The summed E-state index contributed by atoms with van der Waals surface area (Å²) in [6.07, 6.45) is 7.64. The van der Waals surface area contributed by atoms with Gasteiger partial charge < -0.3 is 10.5 Å². The number of allylic oxidation sites excluding steroid dienone is 1. The number of hydrogen-bond acceptors (Lipinski definition) is 2. The molecule has 0 bridgehead atoms. The van der Waals surface area contributed by atoms with E-state index in [1.54, 1.807) is 0 Å². The van der Waals surface area contributed by atoms with Gasteiger partial charge in [0.25, 0.3) is 0 Å². The minimum atomic E-state index is -1.01. The van der Waals surface area contributed by atoms with Gasteiger partial charge in [-0.1, -0.05) is 25.5 Å². The number of nitrogens with one attached hydrogen (secondary N) is 1.